The number of halogens is 5. The van der Waals surface area contributed by atoms with E-state index in [-0.39, 0.29) is 47.5 Å². The van der Waals surface area contributed by atoms with Gasteiger partial charge in [-0.2, -0.15) is 13.2 Å². The summed E-state index contributed by atoms with van der Waals surface area (Å²) in [6, 6.07) is 13.0. The Morgan fingerprint density at radius 3 is 2.55 bits per heavy atom. The number of nitrogens with zero attached hydrogens (tertiary/aromatic N) is 3. The van der Waals surface area contributed by atoms with Crippen molar-refractivity contribution in [3.05, 3.63) is 92.8 Å². The molecule has 0 saturated heterocycles. The Bertz CT molecular complexity index is 2120. The summed E-state index contributed by atoms with van der Waals surface area (Å²) in [6.07, 6.45) is -2.25. The van der Waals surface area contributed by atoms with Gasteiger partial charge in [0.1, 0.15) is 28.2 Å². The van der Waals surface area contributed by atoms with Crippen molar-refractivity contribution < 1.29 is 41.7 Å². The molecule has 3 aliphatic rings. The smallest absolute Gasteiger partial charge is 0.401 e. The van der Waals surface area contributed by atoms with Crippen LogP contribution in [0.4, 0.5) is 23.2 Å². The van der Waals surface area contributed by atoms with Gasteiger partial charge in [0.05, 0.1) is 19.3 Å². The first-order valence-electron chi connectivity index (χ1n) is 17.3. The van der Waals surface area contributed by atoms with Gasteiger partial charge in [0.15, 0.2) is 11.6 Å². The number of imidazole rings is 1. The Kier molecular flexibility index (Phi) is 9.66. The van der Waals surface area contributed by atoms with Crippen molar-refractivity contribution in [1.29, 1.82) is 0 Å². The Morgan fingerprint density at radius 1 is 1.11 bits per heavy atom. The van der Waals surface area contributed by atoms with E-state index in [1.54, 1.807) is 17.7 Å². The largest absolute Gasteiger partial charge is 0.496 e. The molecule has 0 bridgehead atoms. The standard InChI is InChI=1S/C38H38ClF4N5O5/c1-20-21(6-5-9-26(20)46-35(49)34-45-27-18-48(19-38(41,42)43)15-12-28(27)47(34)2)22-7-4-8-24-23(22)10-11-29(24)53-31-16-30(52-3)25(33(40)32(31)39)17-44-37(13-14-37)36(50)51/h4-9,16,29,44H,10-15,17-19H2,1-3H3,(H,46,49)(H,50,51). The fourth-order valence-electron chi connectivity index (χ4n) is 7.46. The number of methoxy groups -OCH3 is 1. The number of aromatic nitrogens is 2. The summed E-state index contributed by atoms with van der Waals surface area (Å²) >= 11 is 6.50. The van der Waals surface area contributed by atoms with Crippen LogP contribution in [-0.2, 0) is 37.8 Å². The van der Waals surface area contributed by atoms with Crippen molar-refractivity contribution in [3.8, 4) is 22.6 Å². The average molecular weight is 756 g/mol. The molecule has 1 saturated carbocycles. The van der Waals surface area contributed by atoms with Gasteiger partial charge in [0, 0.05) is 56.1 Å². The second kappa shape index (κ2) is 14.0. The number of benzene rings is 3. The fourth-order valence-corrected chi connectivity index (χ4v) is 7.67. The number of rotatable bonds is 11. The monoisotopic (exact) mass is 755 g/mol. The molecule has 0 spiro atoms. The molecule has 1 unspecified atom stereocenters. The molecule has 280 valence electrons. The van der Waals surface area contributed by atoms with Crippen LogP contribution in [0.15, 0.2) is 42.5 Å². The molecule has 53 heavy (non-hydrogen) atoms. The van der Waals surface area contributed by atoms with Crippen LogP contribution in [0, 0.1) is 12.7 Å². The summed E-state index contributed by atoms with van der Waals surface area (Å²) in [4.78, 5) is 30.9. The number of hydrogen-bond donors (Lipinski definition) is 3. The minimum absolute atomic E-state index is 0.0148. The van der Waals surface area contributed by atoms with Crippen LogP contribution in [0.25, 0.3) is 11.1 Å². The SMILES string of the molecule is COc1cc(OC2CCc3c(-c4cccc(NC(=O)c5nc6c(n5C)CCN(CC(F)(F)F)C6)c4C)cccc32)c(Cl)c(F)c1CNC1(C(=O)O)CC1. The van der Waals surface area contributed by atoms with E-state index >= 15 is 4.39 Å². The number of nitrogens with one attached hydrogen (secondary N) is 2. The van der Waals surface area contributed by atoms with Crippen LogP contribution in [0.2, 0.25) is 5.02 Å². The minimum atomic E-state index is -4.32. The Labute approximate surface area is 308 Å². The average Bonchev–Trinajstić information content (AvgIpc) is 3.70. The molecule has 3 N–H and O–H groups in total. The van der Waals surface area contributed by atoms with Crippen molar-refractivity contribution >= 4 is 29.2 Å². The maximum absolute atomic E-state index is 15.6. The van der Waals surface area contributed by atoms with Crippen LogP contribution >= 0.6 is 11.6 Å². The van der Waals surface area contributed by atoms with Crippen LogP contribution in [0.3, 0.4) is 0 Å². The van der Waals surface area contributed by atoms with E-state index in [2.05, 4.69) is 15.6 Å². The van der Waals surface area contributed by atoms with Crippen LogP contribution in [0.5, 0.6) is 11.5 Å². The molecule has 3 aromatic carbocycles. The second-order valence-electron chi connectivity index (χ2n) is 13.8. The summed E-state index contributed by atoms with van der Waals surface area (Å²) in [5, 5.41) is 15.2. The topological polar surface area (TPSA) is 118 Å². The van der Waals surface area contributed by atoms with E-state index in [0.29, 0.717) is 43.5 Å². The van der Waals surface area contributed by atoms with Gasteiger partial charge in [0.25, 0.3) is 5.91 Å². The van der Waals surface area contributed by atoms with Gasteiger partial charge < -0.3 is 24.5 Å². The van der Waals surface area contributed by atoms with Gasteiger partial charge in [-0.25, -0.2) is 9.37 Å². The molecule has 1 fully saturated rings. The molecule has 2 heterocycles. The highest BCUT2D eigenvalue weighted by Gasteiger charge is 2.50. The summed E-state index contributed by atoms with van der Waals surface area (Å²) < 4.78 is 68.1. The molecule has 1 atom stereocenters. The highest BCUT2D eigenvalue weighted by atomic mass is 35.5. The first-order valence-corrected chi connectivity index (χ1v) is 17.6. The molecule has 7 rings (SSSR count). The lowest BCUT2D eigenvalue weighted by Crippen LogP contribution is -2.38. The van der Waals surface area contributed by atoms with E-state index in [1.165, 1.54) is 18.1 Å². The first kappa shape index (κ1) is 36.7. The number of aliphatic carboxylic acids is 1. The van der Waals surface area contributed by atoms with Gasteiger partial charge in [-0.1, -0.05) is 41.9 Å². The zero-order valence-electron chi connectivity index (χ0n) is 29.3. The summed E-state index contributed by atoms with van der Waals surface area (Å²) in [5.74, 6) is -1.78. The molecule has 0 radical (unpaired) electrons. The number of carbonyl (C=O) groups excluding carboxylic acids is 1. The summed E-state index contributed by atoms with van der Waals surface area (Å²) in [5.41, 5.74) is 5.41. The third-order valence-corrected chi connectivity index (χ3v) is 10.9. The van der Waals surface area contributed by atoms with E-state index in [9.17, 15) is 27.9 Å². The number of carbonyl (C=O) groups is 2. The van der Waals surface area contributed by atoms with Crippen molar-refractivity contribution in [3.63, 3.8) is 0 Å². The zero-order chi connectivity index (χ0) is 37.8. The van der Waals surface area contributed by atoms with Crippen molar-refractivity contribution in [2.24, 2.45) is 7.05 Å². The van der Waals surface area contributed by atoms with Crippen molar-refractivity contribution in [1.82, 2.24) is 19.8 Å². The molecule has 1 aliphatic heterocycles. The molecular weight excluding hydrogens is 718 g/mol. The van der Waals surface area contributed by atoms with E-state index in [1.807, 2.05) is 37.3 Å². The number of anilines is 1. The number of ether oxygens (including phenoxy) is 2. The van der Waals surface area contributed by atoms with Gasteiger partial charge >= 0.3 is 12.1 Å². The predicted octanol–water partition coefficient (Wildman–Crippen LogP) is 7.14. The Morgan fingerprint density at radius 2 is 1.85 bits per heavy atom. The van der Waals surface area contributed by atoms with E-state index in [4.69, 9.17) is 21.1 Å². The Hall–Kier alpha value is -4.66. The normalized spacial score (nSPS) is 17.6. The van der Waals surface area contributed by atoms with Gasteiger partial charge in [0.2, 0.25) is 0 Å². The molecule has 10 nitrogen and oxygen atoms in total. The lowest BCUT2D eigenvalue weighted by molar-refractivity contribution is -0.147. The van der Waals surface area contributed by atoms with Gasteiger partial charge in [-0.3, -0.25) is 19.8 Å². The number of carboxylic acid groups (broad SMARTS) is 1. The van der Waals surface area contributed by atoms with Gasteiger partial charge in [-0.05, 0) is 66.5 Å². The van der Waals surface area contributed by atoms with Crippen LogP contribution < -0.4 is 20.1 Å². The molecular formula is C38H38ClF4N5O5. The maximum atomic E-state index is 15.6. The maximum Gasteiger partial charge on any atom is 0.401 e. The fraction of sp³-hybridized carbons (Fsp3) is 0.395. The molecule has 1 amide bonds. The zero-order valence-corrected chi connectivity index (χ0v) is 30.1. The third-order valence-electron chi connectivity index (χ3n) is 10.5. The first-order chi connectivity index (χ1) is 25.2. The second-order valence-corrected chi connectivity index (χ2v) is 14.2. The Balaban J connectivity index is 1.10. The summed E-state index contributed by atoms with van der Waals surface area (Å²) in [6.45, 7) is 1.03. The number of amides is 1. The van der Waals surface area contributed by atoms with Crippen molar-refractivity contribution in [2.75, 3.05) is 25.5 Å². The molecule has 1 aromatic heterocycles. The van der Waals surface area contributed by atoms with Crippen molar-refractivity contribution in [2.45, 2.75) is 69.9 Å². The van der Waals surface area contributed by atoms with Crippen LogP contribution in [-0.4, -0.2) is 63.3 Å². The van der Waals surface area contributed by atoms with Gasteiger partial charge in [-0.15, -0.1) is 0 Å². The highest BCUT2D eigenvalue weighted by molar-refractivity contribution is 6.32. The number of alkyl halides is 3. The quantitative estimate of drug-likeness (QED) is 0.138. The third kappa shape index (κ3) is 7.07. The number of fused-ring (bicyclic) bond motifs is 2. The lowest BCUT2D eigenvalue weighted by Gasteiger charge is -2.27. The predicted molar refractivity (Wildman–Crippen MR) is 189 cm³/mol. The highest BCUT2D eigenvalue weighted by Crippen LogP contribution is 2.45. The number of carboxylic acids is 1. The molecule has 15 heteroatoms. The van der Waals surface area contributed by atoms with E-state index < -0.39 is 42.1 Å². The summed E-state index contributed by atoms with van der Waals surface area (Å²) in [7, 11) is 3.10. The van der Waals surface area contributed by atoms with E-state index in [0.717, 1.165) is 33.5 Å². The minimum Gasteiger partial charge on any atom is -0.496 e. The molecule has 4 aromatic rings. The molecule has 2 aliphatic carbocycles. The van der Waals surface area contributed by atoms with Crippen LogP contribution in [0.1, 0.15) is 69.6 Å². The lowest BCUT2D eigenvalue weighted by atomic mass is 9.93. The number of hydrogen-bond acceptors (Lipinski definition) is 7.